The van der Waals surface area contributed by atoms with Gasteiger partial charge in [-0.25, -0.2) is 43.7 Å². The van der Waals surface area contributed by atoms with E-state index in [4.69, 9.17) is 28.0 Å². The van der Waals surface area contributed by atoms with Crippen LogP contribution in [0.15, 0.2) is 42.5 Å². The van der Waals surface area contributed by atoms with Gasteiger partial charge in [0.05, 0.1) is 16.4 Å². The number of carbonyl (C=O) groups excluding carboxylic acids is 1. The zero-order chi connectivity index (χ0) is 25.2. The number of amides is 2. The number of benzene rings is 2. The summed E-state index contributed by atoms with van der Waals surface area (Å²) in [4.78, 5) is 12.2. The quantitative estimate of drug-likeness (QED) is 0.208. The lowest BCUT2D eigenvalue weighted by atomic mass is 10.1. The van der Waals surface area contributed by atoms with Crippen LogP contribution in [-0.4, -0.2) is 27.9 Å². The van der Waals surface area contributed by atoms with Crippen LogP contribution >= 0.6 is 11.6 Å². The van der Waals surface area contributed by atoms with Crippen LogP contribution in [0.1, 0.15) is 35.4 Å². The minimum Gasteiger partial charge on any atom is -0.487 e. The zero-order valence-corrected chi connectivity index (χ0v) is 18.8. The highest BCUT2D eigenvalue weighted by atomic mass is 35.5. The number of aromatic nitrogens is 2. The van der Waals surface area contributed by atoms with Crippen molar-refractivity contribution in [2.45, 2.75) is 26.4 Å². The Morgan fingerprint density at radius 3 is 2.44 bits per heavy atom. The molecule has 0 aliphatic rings. The first-order valence-corrected chi connectivity index (χ1v) is 10.1. The first-order chi connectivity index (χ1) is 16.0. The molecule has 3 aromatic rings. The molecular weight excluding hydrogens is 480 g/mol. The smallest absolute Gasteiger partial charge is 0.352 e. The van der Waals surface area contributed by atoms with Gasteiger partial charge in [-0.1, -0.05) is 23.7 Å². The molecule has 0 saturated heterocycles. The van der Waals surface area contributed by atoms with Gasteiger partial charge < -0.3 is 4.74 Å². The van der Waals surface area contributed by atoms with Crippen LogP contribution in [0.2, 0.25) is 5.02 Å². The van der Waals surface area contributed by atoms with E-state index in [1.807, 2.05) is 0 Å². The number of nitrogens with zero attached hydrogens (tertiary/aromatic N) is 4. The maximum Gasteiger partial charge on any atom is 0.352 e. The number of carbonyl (C=O) groups is 1. The zero-order valence-electron chi connectivity index (χ0n) is 18.1. The van der Waals surface area contributed by atoms with E-state index in [1.54, 1.807) is 25.1 Å². The van der Waals surface area contributed by atoms with Crippen molar-refractivity contribution in [1.29, 1.82) is 0 Å². The van der Waals surface area contributed by atoms with Crippen molar-refractivity contribution in [2.24, 2.45) is 11.7 Å². The van der Waals surface area contributed by atoms with Gasteiger partial charge in [-0.05, 0) is 42.8 Å². The van der Waals surface area contributed by atoms with Gasteiger partial charge in [0, 0.05) is 12.6 Å². The predicted octanol–water partition coefficient (Wildman–Crippen LogP) is 4.89. The number of aryl methyl sites for hydroxylation is 1. The predicted molar refractivity (Wildman–Crippen MR) is 118 cm³/mol. The third-order valence-corrected chi connectivity index (χ3v) is 5.18. The normalized spacial score (nSPS) is 11.3. The maximum atomic E-state index is 13.3. The Kier molecular flexibility index (Phi) is 7.64. The van der Waals surface area contributed by atoms with Gasteiger partial charge in [0.2, 0.25) is 0 Å². The molecule has 0 aliphatic heterocycles. The first kappa shape index (κ1) is 25.3. The van der Waals surface area contributed by atoms with Crippen LogP contribution in [-0.2, 0) is 6.61 Å². The van der Waals surface area contributed by atoms with Gasteiger partial charge >= 0.3 is 6.03 Å². The van der Waals surface area contributed by atoms with E-state index in [2.05, 4.69) is 5.10 Å². The van der Waals surface area contributed by atoms with Gasteiger partial charge in [-0.2, -0.15) is 5.10 Å². The lowest BCUT2D eigenvalue weighted by Crippen LogP contribution is -2.49. The minimum absolute atomic E-state index is 0.0318. The number of hydrogen-bond donors (Lipinski definition) is 2. The van der Waals surface area contributed by atoms with E-state index in [9.17, 15) is 22.4 Å². The van der Waals surface area contributed by atoms with Gasteiger partial charge in [-0.3, -0.25) is 5.01 Å². The fraction of sp³-hybridized carbons (Fsp3) is 0.238. The second kappa shape index (κ2) is 10.3. The van der Waals surface area contributed by atoms with Crippen LogP contribution in [0.5, 0.6) is 5.75 Å². The Bertz CT molecular complexity index is 1190. The van der Waals surface area contributed by atoms with Crippen LogP contribution < -0.4 is 21.4 Å². The second-order valence-corrected chi connectivity index (χ2v) is 7.65. The molecule has 182 valence electrons. The van der Waals surface area contributed by atoms with E-state index >= 15 is 0 Å². The highest BCUT2D eigenvalue weighted by molar-refractivity contribution is 6.32. The first-order valence-electron chi connectivity index (χ1n) is 9.75. The fourth-order valence-corrected chi connectivity index (χ4v) is 3.37. The van der Waals surface area contributed by atoms with Gasteiger partial charge in [0.25, 0.3) is 12.9 Å². The van der Waals surface area contributed by atoms with Gasteiger partial charge in [0.15, 0.2) is 0 Å². The highest BCUT2D eigenvalue weighted by Gasteiger charge is 2.23. The van der Waals surface area contributed by atoms with Crippen molar-refractivity contribution in [3.05, 3.63) is 70.0 Å². The summed E-state index contributed by atoms with van der Waals surface area (Å²) in [5, 5.41) is 5.29. The van der Waals surface area contributed by atoms with Crippen LogP contribution in [0.25, 0.3) is 5.69 Å². The molecule has 8 nitrogen and oxygen atoms in total. The van der Waals surface area contributed by atoms with Gasteiger partial charge in [-0.15, -0.1) is 0 Å². The van der Waals surface area contributed by atoms with Crippen molar-refractivity contribution in [3.63, 3.8) is 0 Å². The molecule has 0 fully saturated rings. The molecule has 1 heterocycles. The van der Waals surface area contributed by atoms with E-state index < -0.39 is 30.3 Å². The average molecular weight is 501 g/mol. The molecule has 0 saturated carbocycles. The fourth-order valence-electron chi connectivity index (χ4n) is 3.15. The highest BCUT2D eigenvalue weighted by Crippen LogP contribution is 2.32. The molecular formula is C21H21ClF4N6O2. The number of anilines is 1. The third kappa shape index (κ3) is 5.24. The molecule has 0 atom stereocenters. The molecule has 0 aliphatic carbocycles. The Balaban J connectivity index is 1.87. The average Bonchev–Trinajstić information content (AvgIpc) is 3.24. The molecule has 0 unspecified atom stereocenters. The molecule has 1 aromatic heterocycles. The topological polar surface area (TPSA) is 103 Å². The number of alkyl halides is 4. The van der Waals surface area contributed by atoms with Gasteiger partial charge in [0.1, 0.15) is 23.7 Å². The standard InChI is InChI=1S/C21H21ClF4N6O2/c1-11-4-3-5-16(31(28)21(33)30(2)27)13(11)10-34-18-7-6-12(8-14(18)22)32-17(20(25)26)9-15(29-32)19(23)24/h3-9,19-20H,10,27-28H2,1-2H3. The van der Waals surface area contributed by atoms with E-state index in [-0.39, 0.29) is 23.1 Å². The lowest BCUT2D eigenvalue weighted by molar-refractivity contribution is 0.142. The van der Waals surface area contributed by atoms with E-state index in [0.717, 1.165) is 15.6 Å². The van der Waals surface area contributed by atoms with Crippen LogP contribution in [0, 0.1) is 6.92 Å². The number of hydrogen-bond acceptors (Lipinski definition) is 5. The van der Waals surface area contributed by atoms with Crippen molar-refractivity contribution in [2.75, 3.05) is 12.1 Å². The molecule has 4 N–H and O–H groups in total. The monoisotopic (exact) mass is 500 g/mol. The summed E-state index contributed by atoms with van der Waals surface area (Å²) >= 11 is 6.27. The summed E-state index contributed by atoms with van der Waals surface area (Å²) in [5.41, 5.74) is 0.290. The van der Waals surface area contributed by atoms with E-state index in [0.29, 0.717) is 22.0 Å². The second-order valence-electron chi connectivity index (χ2n) is 7.25. The maximum absolute atomic E-state index is 13.3. The van der Waals surface area contributed by atoms with Crippen LogP contribution in [0.4, 0.5) is 28.0 Å². The Morgan fingerprint density at radius 1 is 1.15 bits per heavy atom. The summed E-state index contributed by atoms with van der Waals surface area (Å²) in [7, 11) is 1.35. The Labute approximate surface area is 197 Å². The Morgan fingerprint density at radius 2 is 1.85 bits per heavy atom. The number of nitrogens with two attached hydrogens (primary N) is 2. The summed E-state index contributed by atoms with van der Waals surface area (Å²) in [6.07, 6.45) is -6.03. The molecule has 0 radical (unpaired) electrons. The lowest BCUT2D eigenvalue weighted by Gasteiger charge is -2.24. The molecule has 34 heavy (non-hydrogen) atoms. The molecule has 13 heteroatoms. The number of rotatable bonds is 7. The molecule has 3 rings (SSSR count). The van der Waals surface area contributed by atoms with Crippen LogP contribution in [0.3, 0.4) is 0 Å². The number of ether oxygens (including phenoxy) is 1. The summed E-state index contributed by atoms with van der Waals surface area (Å²) in [5.74, 6) is 11.6. The number of urea groups is 1. The molecule has 0 bridgehead atoms. The SMILES string of the molecule is Cc1cccc(N(N)C(=O)N(C)N)c1COc1ccc(-n2nc(C(F)F)cc2C(F)F)cc1Cl. The number of hydrazine groups is 2. The molecule has 0 spiro atoms. The van der Waals surface area contributed by atoms with Crippen molar-refractivity contribution >= 4 is 23.3 Å². The number of halogens is 5. The third-order valence-electron chi connectivity index (χ3n) is 4.89. The summed E-state index contributed by atoms with van der Waals surface area (Å²) in [6.45, 7) is 1.75. The van der Waals surface area contributed by atoms with Crippen molar-refractivity contribution < 1.29 is 27.1 Å². The Hall–Kier alpha value is -3.35. The van der Waals surface area contributed by atoms with Crippen molar-refractivity contribution in [3.8, 4) is 11.4 Å². The van der Waals surface area contributed by atoms with E-state index in [1.165, 1.54) is 25.2 Å². The molecule has 2 amide bonds. The molecule has 2 aromatic carbocycles. The minimum atomic E-state index is -3.02. The van der Waals surface area contributed by atoms with Crippen molar-refractivity contribution in [1.82, 2.24) is 14.8 Å². The summed E-state index contributed by atoms with van der Waals surface area (Å²) in [6, 6.07) is 9.12. The summed E-state index contributed by atoms with van der Waals surface area (Å²) < 4.78 is 59.0. The largest absolute Gasteiger partial charge is 0.487 e.